The number of rotatable bonds is 4. The molecular weight excluding hydrogens is 240 g/mol. The van der Waals surface area contributed by atoms with Crippen LogP contribution in [0.1, 0.15) is 25.0 Å². The van der Waals surface area contributed by atoms with Crippen molar-refractivity contribution < 1.29 is 4.74 Å². The molecule has 3 N–H and O–H groups in total. The van der Waals surface area contributed by atoms with E-state index in [2.05, 4.69) is 15.2 Å². The fraction of sp³-hybridized carbons (Fsp3) is 0.429. The minimum Gasteiger partial charge on any atom is -0.382 e. The van der Waals surface area contributed by atoms with Crippen molar-refractivity contribution >= 4 is 5.82 Å². The molecule has 2 heterocycles. The minimum absolute atomic E-state index is 0.0409. The van der Waals surface area contributed by atoms with Crippen molar-refractivity contribution in [2.45, 2.75) is 31.3 Å². The maximum Gasteiger partial charge on any atom is 0.153 e. The number of hydrogen-bond donors (Lipinski definition) is 2. The van der Waals surface area contributed by atoms with Gasteiger partial charge in [0.25, 0.3) is 0 Å². The minimum atomic E-state index is -0.0409. The number of ether oxygens (including phenoxy) is 1. The van der Waals surface area contributed by atoms with Crippen molar-refractivity contribution in [1.29, 1.82) is 0 Å². The van der Waals surface area contributed by atoms with Gasteiger partial charge in [-0.3, -0.25) is 10.1 Å². The third kappa shape index (κ3) is 2.10. The van der Waals surface area contributed by atoms with Crippen LogP contribution in [0.15, 0.2) is 24.5 Å². The van der Waals surface area contributed by atoms with E-state index >= 15 is 0 Å². The van der Waals surface area contributed by atoms with Crippen LogP contribution in [0, 0.1) is 0 Å². The highest BCUT2D eigenvalue weighted by Crippen LogP contribution is 2.40. The molecule has 3 rings (SSSR count). The number of pyridine rings is 1. The van der Waals surface area contributed by atoms with Crippen molar-refractivity contribution in [2.75, 3.05) is 12.8 Å². The van der Waals surface area contributed by atoms with Crippen LogP contribution >= 0.6 is 0 Å². The summed E-state index contributed by atoms with van der Waals surface area (Å²) in [6.07, 6.45) is 7.77. The number of nitrogen functional groups attached to an aromatic ring is 1. The highest BCUT2D eigenvalue weighted by atomic mass is 16.5. The van der Waals surface area contributed by atoms with E-state index in [0.717, 1.165) is 36.1 Å². The van der Waals surface area contributed by atoms with E-state index in [0.29, 0.717) is 5.82 Å². The molecule has 0 amide bonds. The van der Waals surface area contributed by atoms with E-state index in [-0.39, 0.29) is 5.60 Å². The van der Waals surface area contributed by atoms with Crippen LogP contribution in [0.2, 0.25) is 0 Å². The maximum atomic E-state index is 5.99. The molecule has 0 radical (unpaired) electrons. The Hall–Kier alpha value is -1.88. The standard InChI is InChI=1S/C14H18N4O/c1-19-14(5-2-6-14)9-11-12(13(15)18-17-11)10-3-7-16-8-4-10/h3-4,7-8H,2,5-6,9H2,1H3,(H3,15,17,18). The van der Waals surface area contributed by atoms with Crippen LogP contribution in [0.4, 0.5) is 5.82 Å². The number of aromatic amines is 1. The Kier molecular flexibility index (Phi) is 2.98. The number of nitrogens with zero attached hydrogens (tertiary/aromatic N) is 2. The summed E-state index contributed by atoms with van der Waals surface area (Å²) in [5.74, 6) is 0.534. The number of nitrogens with one attached hydrogen (secondary N) is 1. The number of methoxy groups -OCH3 is 1. The Labute approximate surface area is 112 Å². The van der Waals surface area contributed by atoms with Gasteiger partial charge in [-0.05, 0) is 37.0 Å². The molecule has 2 aromatic rings. The third-order valence-electron chi connectivity index (χ3n) is 4.03. The second-order valence-corrected chi connectivity index (χ2v) is 5.12. The van der Waals surface area contributed by atoms with Gasteiger partial charge in [-0.15, -0.1) is 0 Å². The third-order valence-corrected chi connectivity index (χ3v) is 4.03. The molecule has 100 valence electrons. The molecule has 5 nitrogen and oxygen atoms in total. The Morgan fingerprint density at radius 2 is 2.11 bits per heavy atom. The van der Waals surface area contributed by atoms with Gasteiger partial charge in [0.1, 0.15) is 0 Å². The molecule has 0 unspecified atom stereocenters. The van der Waals surface area contributed by atoms with Crippen LogP contribution in [-0.4, -0.2) is 27.9 Å². The normalized spacial score (nSPS) is 17.1. The summed E-state index contributed by atoms with van der Waals surface area (Å²) in [5, 5.41) is 7.20. The largest absolute Gasteiger partial charge is 0.382 e. The van der Waals surface area contributed by atoms with Crippen LogP contribution in [0.5, 0.6) is 0 Å². The lowest BCUT2D eigenvalue weighted by Gasteiger charge is -2.40. The summed E-state index contributed by atoms with van der Waals surface area (Å²) in [4.78, 5) is 4.04. The molecular formula is C14H18N4O. The molecule has 0 saturated heterocycles. The van der Waals surface area contributed by atoms with Gasteiger partial charge in [0, 0.05) is 37.2 Å². The van der Waals surface area contributed by atoms with E-state index in [1.54, 1.807) is 19.5 Å². The van der Waals surface area contributed by atoms with Crippen molar-refractivity contribution in [3.05, 3.63) is 30.2 Å². The first kappa shape index (κ1) is 12.2. The first-order chi connectivity index (χ1) is 9.24. The Morgan fingerprint density at radius 3 is 2.68 bits per heavy atom. The maximum absolute atomic E-state index is 5.99. The predicted octanol–water partition coefficient (Wildman–Crippen LogP) is 2.17. The average Bonchev–Trinajstić information content (AvgIpc) is 2.76. The molecule has 0 spiro atoms. The van der Waals surface area contributed by atoms with Crippen molar-refractivity contribution in [1.82, 2.24) is 15.2 Å². The molecule has 1 fully saturated rings. The fourth-order valence-electron chi connectivity index (χ4n) is 2.71. The second kappa shape index (κ2) is 4.66. The number of nitrogens with two attached hydrogens (primary N) is 1. The Balaban J connectivity index is 1.95. The molecule has 2 aromatic heterocycles. The molecule has 0 atom stereocenters. The van der Waals surface area contributed by atoms with Crippen LogP contribution in [0.25, 0.3) is 11.1 Å². The van der Waals surface area contributed by atoms with Crippen molar-refractivity contribution in [3.63, 3.8) is 0 Å². The Morgan fingerprint density at radius 1 is 1.37 bits per heavy atom. The lowest BCUT2D eigenvalue weighted by Crippen LogP contribution is -2.41. The van der Waals surface area contributed by atoms with E-state index in [4.69, 9.17) is 10.5 Å². The van der Waals surface area contributed by atoms with Gasteiger partial charge in [0.15, 0.2) is 5.82 Å². The quantitative estimate of drug-likeness (QED) is 0.881. The molecule has 1 saturated carbocycles. The zero-order valence-electron chi connectivity index (χ0n) is 11.0. The molecule has 0 aromatic carbocycles. The van der Waals surface area contributed by atoms with Gasteiger partial charge in [-0.2, -0.15) is 5.10 Å². The van der Waals surface area contributed by atoms with Crippen molar-refractivity contribution in [3.8, 4) is 11.1 Å². The second-order valence-electron chi connectivity index (χ2n) is 5.12. The fourth-order valence-corrected chi connectivity index (χ4v) is 2.71. The first-order valence-electron chi connectivity index (χ1n) is 6.52. The van der Waals surface area contributed by atoms with E-state index in [1.165, 1.54) is 6.42 Å². The monoisotopic (exact) mass is 258 g/mol. The van der Waals surface area contributed by atoms with Crippen LogP contribution in [-0.2, 0) is 11.2 Å². The summed E-state index contributed by atoms with van der Waals surface area (Å²) in [5.41, 5.74) is 9.02. The summed E-state index contributed by atoms with van der Waals surface area (Å²) in [7, 11) is 1.78. The molecule has 19 heavy (non-hydrogen) atoms. The molecule has 0 aliphatic heterocycles. The highest BCUT2D eigenvalue weighted by Gasteiger charge is 2.38. The molecule has 1 aliphatic carbocycles. The predicted molar refractivity (Wildman–Crippen MR) is 73.5 cm³/mol. The zero-order chi connectivity index (χ0) is 13.3. The smallest absolute Gasteiger partial charge is 0.153 e. The summed E-state index contributed by atoms with van der Waals surface area (Å²) in [6.45, 7) is 0. The van der Waals surface area contributed by atoms with Gasteiger partial charge in [-0.25, -0.2) is 0 Å². The summed E-state index contributed by atoms with van der Waals surface area (Å²) >= 11 is 0. The topological polar surface area (TPSA) is 76.8 Å². The lowest BCUT2D eigenvalue weighted by atomic mass is 9.76. The Bertz CT molecular complexity index is 555. The molecule has 0 bridgehead atoms. The van der Waals surface area contributed by atoms with E-state index in [9.17, 15) is 0 Å². The zero-order valence-corrected chi connectivity index (χ0v) is 11.0. The number of H-pyrrole nitrogens is 1. The van der Waals surface area contributed by atoms with Gasteiger partial charge in [0.2, 0.25) is 0 Å². The van der Waals surface area contributed by atoms with E-state index in [1.807, 2.05) is 12.1 Å². The van der Waals surface area contributed by atoms with E-state index < -0.39 is 0 Å². The van der Waals surface area contributed by atoms with Crippen molar-refractivity contribution in [2.24, 2.45) is 0 Å². The SMILES string of the molecule is COC1(Cc2[nH]nc(N)c2-c2ccncc2)CCC1. The van der Waals surface area contributed by atoms with Crippen LogP contribution < -0.4 is 5.73 Å². The van der Waals surface area contributed by atoms with Gasteiger partial charge < -0.3 is 10.5 Å². The first-order valence-corrected chi connectivity index (χ1v) is 6.52. The molecule has 5 heteroatoms. The van der Waals surface area contributed by atoms with Crippen LogP contribution in [0.3, 0.4) is 0 Å². The number of aromatic nitrogens is 3. The highest BCUT2D eigenvalue weighted by molar-refractivity contribution is 5.76. The van der Waals surface area contributed by atoms with Gasteiger partial charge >= 0.3 is 0 Å². The van der Waals surface area contributed by atoms with Gasteiger partial charge in [-0.1, -0.05) is 0 Å². The lowest BCUT2D eigenvalue weighted by molar-refractivity contribution is -0.0713. The number of hydrogen-bond acceptors (Lipinski definition) is 4. The van der Waals surface area contributed by atoms with Gasteiger partial charge in [0.05, 0.1) is 5.60 Å². The summed E-state index contributed by atoms with van der Waals surface area (Å²) in [6, 6.07) is 3.90. The average molecular weight is 258 g/mol. The molecule has 1 aliphatic rings. The summed E-state index contributed by atoms with van der Waals surface area (Å²) < 4.78 is 5.68. The number of anilines is 1.